The van der Waals surface area contributed by atoms with Gasteiger partial charge in [-0.3, -0.25) is 9.59 Å². The second kappa shape index (κ2) is 8.52. The fraction of sp³-hybridized carbons (Fsp3) is 0.450. The lowest BCUT2D eigenvalue weighted by Gasteiger charge is -2.30. The number of rotatable bonds is 5. The summed E-state index contributed by atoms with van der Waals surface area (Å²) in [6.07, 6.45) is 1.30. The number of hydrogen-bond acceptors (Lipinski definition) is 6. The Balaban J connectivity index is 1.68. The highest BCUT2D eigenvalue weighted by Gasteiger charge is 2.30. The molecule has 1 saturated heterocycles. The molecule has 1 aliphatic rings. The standard InChI is InChI=1S/C20H25N3O3S/c1-4-26-19(25)15-10-12-23(13-11-15)18(24)17-14(2)21-20(27-17)22(3)16-8-6-5-7-9-16/h5-9,15H,4,10-13H2,1-3H3. The monoisotopic (exact) mass is 387 g/mol. The van der Waals surface area contributed by atoms with Crippen LogP contribution in [0.15, 0.2) is 30.3 Å². The molecule has 0 saturated carbocycles. The number of thiazole rings is 1. The van der Waals surface area contributed by atoms with Crippen molar-refractivity contribution in [1.82, 2.24) is 9.88 Å². The number of aromatic nitrogens is 1. The summed E-state index contributed by atoms with van der Waals surface area (Å²) < 4.78 is 5.10. The number of amides is 1. The number of para-hydroxylation sites is 1. The Morgan fingerprint density at radius 1 is 1.26 bits per heavy atom. The average Bonchev–Trinajstić information content (AvgIpc) is 3.09. The van der Waals surface area contributed by atoms with Crippen LogP contribution in [0.3, 0.4) is 0 Å². The Bertz CT molecular complexity index is 798. The van der Waals surface area contributed by atoms with E-state index in [1.165, 1.54) is 11.3 Å². The van der Waals surface area contributed by atoms with Crippen LogP contribution >= 0.6 is 11.3 Å². The van der Waals surface area contributed by atoms with E-state index < -0.39 is 0 Å². The van der Waals surface area contributed by atoms with Crippen molar-refractivity contribution in [1.29, 1.82) is 0 Å². The fourth-order valence-corrected chi connectivity index (χ4v) is 4.23. The van der Waals surface area contributed by atoms with E-state index in [0.717, 1.165) is 16.5 Å². The summed E-state index contributed by atoms with van der Waals surface area (Å²) in [4.78, 5) is 33.9. The molecule has 27 heavy (non-hydrogen) atoms. The van der Waals surface area contributed by atoms with Gasteiger partial charge in [-0.15, -0.1) is 0 Å². The Morgan fingerprint density at radius 3 is 2.56 bits per heavy atom. The van der Waals surface area contributed by atoms with E-state index in [1.807, 2.05) is 61.0 Å². The van der Waals surface area contributed by atoms with Crippen LogP contribution in [0.5, 0.6) is 0 Å². The molecule has 1 amide bonds. The molecule has 0 unspecified atom stereocenters. The minimum absolute atomic E-state index is 0.0000190. The minimum atomic E-state index is -0.148. The highest BCUT2D eigenvalue weighted by atomic mass is 32.1. The van der Waals surface area contributed by atoms with Crippen molar-refractivity contribution in [2.75, 3.05) is 31.6 Å². The number of ether oxygens (including phenoxy) is 1. The molecule has 2 heterocycles. The Morgan fingerprint density at radius 2 is 1.93 bits per heavy atom. The zero-order valence-electron chi connectivity index (χ0n) is 16.0. The predicted octanol–water partition coefficient (Wildman–Crippen LogP) is 3.63. The Kier molecular flexibility index (Phi) is 6.11. The van der Waals surface area contributed by atoms with Crippen molar-refractivity contribution >= 4 is 34.0 Å². The first-order valence-corrected chi connectivity index (χ1v) is 10.0. The van der Waals surface area contributed by atoms with Crippen molar-refractivity contribution in [3.8, 4) is 0 Å². The number of likely N-dealkylation sites (tertiary alicyclic amines) is 1. The molecule has 0 spiro atoms. The van der Waals surface area contributed by atoms with Crippen molar-refractivity contribution < 1.29 is 14.3 Å². The summed E-state index contributed by atoms with van der Waals surface area (Å²) in [5, 5.41) is 0.795. The number of nitrogens with zero attached hydrogens (tertiary/aromatic N) is 3. The zero-order valence-corrected chi connectivity index (χ0v) is 16.8. The Hall–Kier alpha value is -2.41. The zero-order chi connectivity index (χ0) is 19.4. The number of carbonyl (C=O) groups excluding carboxylic acids is 2. The van der Waals surface area contributed by atoms with E-state index in [9.17, 15) is 9.59 Å². The summed E-state index contributed by atoms with van der Waals surface area (Å²) in [5.41, 5.74) is 1.77. The second-order valence-electron chi connectivity index (χ2n) is 6.62. The summed E-state index contributed by atoms with van der Waals surface area (Å²) in [6, 6.07) is 9.95. The summed E-state index contributed by atoms with van der Waals surface area (Å²) in [6.45, 7) is 5.23. The highest BCUT2D eigenvalue weighted by molar-refractivity contribution is 7.17. The maximum atomic E-state index is 13.0. The maximum absolute atomic E-state index is 13.0. The second-order valence-corrected chi connectivity index (χ2v) is 7.60. The van der Waals surface area contributed by atoms with Crippen LogP contribution < -0.4 is 4.90 Å². The lowest BCUT2D eigenvalue weighted by molar-refractivity contribution is -0.149. The molecule has 1 aromatic carbocycles. The van der Waals surface area contributed by atoms with Crippen LogP contribution in [0.25, 0.3) is 0 Å². The molecule has 144 valence electrons. The lowest BCUT2D eigenvalue weighted by atomic mass is 9.97. The average molecular weight is 388 g/mol. The van der Waals surface area contributed by atoms with Gasteiger partial charge in [-0.2, -0.15) is 0 Å². The number of carbonyl (C=O) groups is 2. The van der Waals surface area contributed by atoms with Crippen molar-refractivity contribution in [2.45, 2.75) is 26.7 Å². The molecule has 3 rings (SSSR count). The first-order valence-electron chi connectivity index (χ1n) is 9.23. The number of piperidine rings is 1. The summed E-state index contributed by atoms with van der Waals surface area (Å²) >= 11 is 1.41. The van der Waals surface area contributed by atoms with Crippen molar-refractivity contribution in [3.63, 3.8) is 0 Å². The first kappa shape index (κ1) is 19.4. The van der Waals surface area contributed by atoms with Gasteiger partial charge in [0.15, 0.2) is 5.13 Å². The van der Waals surface area contributed by atoms with E-state index in [4.69, 9.17) is 4.74 Å². The van der Waals surface area contributed by atoms with Gasteiger partial charge in [0.05, 0.1) is 18.2 Å². The van der Waals surface area contributed by atoms with Gasteiger partial charge in [0.2, 0.25) is 0 Å². The molecule has 0 radical (unpaired) electrons. The van der Waals surface area contributed by atoms with Crippen LogP contribution in [-0.2, 0) is 9.53 Å². The van der Waals surface area contributed by atoms with Gasteiger partial charge in [-0.25, -0.2) is 4.98 Å². The van der Waals surface area contributed by atoms with E-state index in [1.54, 1.807) is 0 Å². The summed E-state index contributed by atoms with van der Waals surface area (Å²) in [7, 11) is 1.95. The number of benzene rings is 1. The van der Waals surface area contributed by atoms with E-state index >= 15 is 0 Å². The third kappa shape index (κ3) is 4.30. The van der Waals surface area contributed by atoms with Crippen LogP contribution in [0.4, 0.5) is 10.8 Å². The smallest absolute Gasteiger partial charge is 0.309 e. The molecule has 6 nitrogen and oxygen atoms in total. The summed E-state index contributed by atoms with van der Waals surface area (Å²) in [5.74, 6) is -0.248. The molecule has 1 aliphatic heterocycles. The van der Waals surface area contributed by atoms with Crippen LogP contribution in [-0.4, -0.2) is 48.5 Å². The van der Waals surface area contributed by atoms with E-state index in [-0.39, 0.29) is 17.8 Å². The third-order valence-electron chi connectivity index (χ3n) is 4.81. The highest BCUT2D eigenvalue weighted by Crippen LogP contribution is 2.32. The normalized spacial score (nSPS) is 14.9. The SMILES string of the molecule is CCOC(=O)C1CCN(C(=O)c2sc(N(C)c3ccccc3)nc2C)CC1. The van der Waals surface area contributed by atoms with Gasteiger partial charge in [0.1, 0.15) is 4.88 Å². The Labute approximate surface area is 163 Å². The quantitative estimate of drug-likeness (QED) is 0.733. The molecule has 0 atom stereocenters. The van der Waals surface area contributed by atoms with Crippen LogP contribution in [0, 0.1) is 12.8 Å². The van der Waals surface area contributed by atoms with Crippen molar-refractivity contribution in [2.24, 2.45) is 5.92 Å². The fourth-order valence-electron chi connectivity index (χ4n) is 3.21. The molecule has 1 aromatic heterocycles. The van der Waals surface area contributed by atoms with Gasteiger partial charge in [0, 0.05) is 25.8 Å². The van der Waals surface area contributed by atoms with Gasteiger partial charge in [0.25, 0.3) is 5.91 Å². The van der Waals surface area contributed by atoms with E-state index in [2.05, 4.69) is 4.98 Å². The predicted molar refractivity (Wildman–Crippen MR) is 107 cm³/mol. The van der Waals surface area contributed by atoms with Crippen LogP contribution in [0.1, 0.15) is 35.1 Å². The molecular weight excluding hydrogens is 362 g/mol. The maximum Gasteiger partial charge on any atom is 0.309 e. The number of esters is 1. The molecule has 1 fully saturated rings. The molecule has 2 aromatic rings. The molecular formula is C20H25N3O3S. The topological polar surface area (TPSA) is 62.7 Å². The number of aryl methyl sites for hydroxylation is 1. The van der Waals surface area contributed by atoms with Gasteiger partial charge in [-0.05, 0) is 38.8 Å². The molecule has 0 N–H and O–H groups in total. The third-order valence-corrected chi connectivity index (χ3v) is 6.03. The number of anilines is 2. The molecule has 0 bridgehead atoms. The lowest BCUT2D eigenvalue weighted by Crippen LogP contribution is -2.40. The largest absolute Gasteiger partial charge is 0.466 e. The van der Waals surface area contributed by atoms with Crippen LogP contribution in [0.2, 0.25) is 0 Å². The molecule has 7 heteroatoms. The van der Waals surface area contributed by atoms with Crippen molar-refractivity contribution in [3.05, 3.63) is 40.9 Å². The van der Waals surface area contributed by atoms with Gasteiger partial charge >= 0.3 is 5.97 Å². The minimum Gasteiger partial charge on any atom is -0.466 e. The first-order chi connectivity index (χ1) is 13.0. The van der Waals surface area contributed by atoms with E-state index in [0.29, 0.717) is 37.4 Å². The van der Waals surface area contributed by atoms with Gasteiger partial charge in [-0.1, -0.05) is 29.5 Å². The number of hydrogen-bond donors (Lipinski definition) is 0. The molecule has 0 aliphatic carbocycles. The van der Waals surface area contributed by atoms with Gasteiger partial charge < -0.3 is 14.5 Å².